The molecule has 82 valence electrons. The van der Waals surface area contributed by atoms with Crippen LogP contribution < -0.4 is 0 Å². The van der Waals surface area contributed by atoms with Gasteiger partial charge in [-0.1, -0.05) is 6.92 Å². The summed E-state index contributed by atoms with van der Waals surface area (Å²) in [6, 6.07) is 0. The van der Waals surface area contributed by atoms with Crippen LogP contribution in [0.3, 0.4) is 0 Å². The molecule has 1 saturated carbocycles. The van der Waals surface area contributed by atoms with Crippen molar-refractivity contribution in [1.82, 2.24) is 4.98 Å². The van der Waals surface area contributed by atoms with Gasteiger partial charge in [-0.25, -0.2) is 4.98 Å². The van der Waals surface area contributed by atoms with Crippen LogP contribution >= 0.6 is 23.1 Å². The van der Waals surface area contributed by atoms with Crippen molar-refractivity contribution in [2.24, 2.45) is 0 Å². The molecule has 0 aromatic carbocycles. The van der Waals surface area contributed by atoms with Crippen molar-refractivity contribution in [2.45, 2.75) is 38.4 Å². The number of rotatable bonds is 5. The second kappa shape index (κ2) is 4.66. The van der Waals surface area contributed by atoms with Crippen LogP contribution in [0.4, 0.5) is 0 Å². The molecule has 0 spiro atoms. The SMILES string of the molecule is CCSCc1nc(C2CC2)c(C(C)=O)s1. The molecule has 0 saturated heterocycles. The lowest BCUT2D eigenvalue weighted by Gasteiger charge is -1.93. The van der Waals surface area contributed by atoms with E-state index in [1.165, 1.54) is 12.8 Å². The summed E-state index contributed by atoms with van der Waals surface area (Å²) < 4.78 is 0. The van der Waals surface area contributed by atoms with Crippen molar-refractivity contribution < 1.29 is 4.79 Å². The molecule has 2 rings (SSSR count). The Balaban J connectivity index is 2.19. The molecule has 0 unspecified atom stereocenters. The molecule has 0 amide bonds. The van der Waals surface area contributed by atoms with E-state index in [2.05, 4.69) is 11.9 Å². The largest absolute Gasteiger partial charge is 0.294 e. The molecule has 1 fully saturated rings. The fourth-order valence-electron chi connectivity index (χ4n) is 1.51. The number of ketones is 1. The number of thioether (sulfide) groups is 1. The van der Waals surface area contributed by atoms with Crippen LogP contribution in [-0.2, 0) is 5.75 Å². The average molecular weight is 241 g/mol. The minimum Gasteiger partial charge on any atom is -0.294 e. The van der Waals surface area contributed by atoms with E-state index in [9.17, 15) is 4.79 Å². The number of nitrogens with zero attached hydrogens (tertiary/aromatic N) is 1. The molecule has 15 heavy (non-hydrogen) atoms. The highest BCUT2D eigenvalue weighted by Crippen LogP contribution is 2.43. The molecule has 4 heteroatoms. The van der Waals surface area contributed by atoms with E-state index in [1.54, 1.807) is 18.3 Å². The summed E-state index contributed by atoms with van der Waals surface area (Å²) in [7, 11) is 0. The maximum Gasteiger partial charge on any atom is 0.171 e. The summed E-state index contributed by atoms with van der Waals surface area (Å²) >= 11 is 3.46. The van der Waals surface area contributed by atoms with E-state index in [1.807, 2.05) is 11.8 Å². The summed E-state index contributed by atoms with van der Waals surface area (Å²) in [6.45, 7) is 3.79. The summed E-state index contributed by atoms with van der Waals surface area (Å²) in [5.74, 6) is 2.82. The smallest absolute Gasteiger partial charge is 0.171 e. The minimum absolute atomic E-state index is 0.183. The predicted molar refractivity (Wildman–Crippen MR) is 65.9 cm³/mol. The fourth-order valence-corrected chi connectivity index (χ4v) is 3.28. The quantitative estimate of drug-likeness (QED) is 0.739. The van der Waals surface area contributed by atoms with Crippen molar-refractivity contribution in [3.63, 3.8) is 0 Å². The van der Waals surface area contributed by atoms with Gasteiger partial charge in [0.05, 0.1) is 10.6 Å². The number of thiazole rings is 1. The van der Waals surface area contributed by atoms with Gasteiger partial charge in [-0.3, -0.25) is 4.79 Å². The van der Waals surface area contributed by atoms with Crippen LogP contribution in [0, 0.1) is 0 Å². The Hall–Kier alpha value is -0.350. The van der Waals surface area contributed by atoms with Gasteiger partial charge in [0.2, 0.25) is 0 Å². The molecule has 1 aliphatic rings. The number of hydrogen-bond acceptors (Lipinski definition) is 4. The normalized spacial score (nSPS) is 15.6. The Labute approximate surface area is 98.5 Å². The van der Waals surface area contributed by atoms with Crippen LogP contribution in [-0.4, -0.2) is 16.5 Å². The third-order valence-corrected chi connectivity index (χ3v) is 4.65. The van der Waals surface area contributed by atoms with Gasteiger partial charge in [0, 0.05) is 18.6 Å². The molecular formula is C11H15NOS2. The Bertz CT molecular complexity index is 369. The molecule has 1 aliphatic carbocycles. The highest BCUT2D eigenvalue weighted by atomic mass is 32.2. The molecular weight excluding hydrogens is 226 g/mol. The lowest BCUT2D eigenvalue weighted by atomic mass is 10.2. The summed E-state index contributed by atoms with van der Waals surface area (Å²) in [5.41, 5.74) is 1.08. The van der Waals surface area contributed by atoms with E-state index < -0.39 is 0 Å². The summed E-state index contributed by atoms with van der Waals surface area (Å²) in [5, 5.41) is 1.12. The van der Waals surface area contributed by atoms with Gasteiger partial charge in [0.25, 0.3) is 0 Å². The van der Waals surface area contributed by atoms with E-state index in [-0.39, 0.29) is 5.78 Å². The third kappa shape index (κ3) is 2.61. The fraction of sp³-hybridized carbons (Fsp3) is 0.636. The number of Topliss-reactive ketones (excluding diaryl/α,β-unsaturated/α-hetero) is 1. The average Bonchev–Trinajstić information content (AvgIpc) is 2.95. The van der Waals surface area contributed by atoms with Crippen LogP contribution in [0.1, 0.15) is 53.0 Å². The Morgan fingerprint density at radius 1 is 1.60 bits per heavy atom. The second-order valence-corrected chi connectivity index (χ2v) is 6.15. The highest BCUT2D eigenvalue weighted by Gasteiger charge is 2.30. The molecule has 1 aromatic heterocycles. The summed E-state index contributed by atoms with van der Waals surface area (Å²) in [6.07, 6.45) is 2.43. The number of carbonyl (C=O) groups excluding carboxylic acids is 1. The van der Waals surface area contributed by atoms with Gasteiger partial charge in [0.1, 0.15) is 5.01 Å². The van der Waals surface area contributed by atoms with Gasteiger partial charge in [-0.15, -0.1) is 11.3 Å². The van der Waals surface area contributed by atoms with Crippen LogP contribution in [0.15, 0.2) is 0 Å². The second-order valence-electron chi connectivity index (χ2n) is 3.79. The van der Waals surface area contributed by atoms with Gasteiger partial charge in [-0.05, 0) is 18.6 Å². The molecule has 0 aliphatic heterocycles. The van der Waals surface area contributed by atoms with E-state index >= 15 is 0 Å². The van der Waals surface area contributed by atoms with E-state index in [4.69, 9.17) is 0 Å². The maximum absolute atomic E-state index is 11.4. The highest BCUT2D eigenvalue weighted by molar-refractivity contribution is 7.98. The minimum atomic E-state index is 0.183. The van der Waals surface area contributed by atoms with Crippen molar-refractivity contribution in [2.75, 3.05) is 5.75 Å². The zero-order chi connectivity index (χ0) is 10.8. The monoisotopic (exact) mass is 241 g/mol. The molecule has 2 nitrogen and oxygen atoms in total. The standard InChI is InChI=1S/C11H15NOS2/c1-3-14-6-9-12-10(8-4-5-8)11(15-9)7(2)13/h8H,3-6H2,1-2H3. The summed E-state index contributed by atoms with van der Waals surface area (Å²) in [4.78, 5) is 17.0. The number of aromatic nitrogens is 1. The lowest BCUT2D eigenvalue weighted by Crippen LogP contribution is -1.93. The van der Waals surface area contributed by atoms with E-state index in [0.29, 0.717) is 5.92 Å². The number of hydrogen-bond donors (Lipinski definition) is 0. The molecule has 0 N–H and O–H groups in total. The predicted octanol–water partition coefficient (Wildman–Crippen LogP) is 3.48. The van der Waals surface area contributed by atoms with Crippen molar-refractivity contribution in [1.29, 1.82) is 0 Å². The van der Waals surface area contributed by atoms with E-state index in [0.717, 1.165) is 27.1 Å². The van der Waals surface area contributed by atoms with Gasteiger partial charge >= 0.3 is 0 Å². The lowest BCUT2D eigenvalue weighted by molar-refractivity contribution is 0.102. The van der Waals surface area contributed by atoms with Crippen molar-refractivity contribution in [3.05, 3.63) is 15.6 Å². The Kier molecular flexibility index (Phi) is 3.46. The Morgan fingerprint density at radius 2 is 2.33 bits per heavy atom. The van der Waals surface area contributed by atoms with Gasteiger partial charge in [0.15, 0.2) is 5.78 Å². The maximum atomic E-state index is 11.4. The van der Waals surface area contributed by atoms with Crippen molar-refractivity contribution >= 4 is 28.9 Å². The molecule has 1 heterocycles. The van der Waals surface area contributed by atoms with Crippen LogP contribution in [0.5, 0.6) is 0 Å². The first-order chi connectivity index (χ1) is 7.22. The third-order valence-electron chi connectivity index (χ3n) is 2.41. The van der Waals surface area contributed by atoms with Crippen LogP contribution in [0.2, 0.25) is 0 Å². The molecule has 0 radical (unpaired) electrons. The zero-order valence-corrected chi connectivity index (χ0v) is 10.7. The zero-order valence-electron chi connectivity index (χ0n) is 9.08. The molecule has 1 aromatic rings. The first-order valence-corrected chi connectivity index (χ1v) is 7.27. The van der Waals surface area contributed by atoms with Crippen LogP contribution in [0.25, 0.3) is 0 Å². The van der Waals surface area contributed by atoms with Gasteiger partial charge < -0.3 is 0 Å². The number of carbonyl (C=O) groups is 1. The first kappa shape index (κ1) is 11.1. The van der Waals surface area contributed by atoms with Crippen molar-refractivity contribution in [3.8, 4) is 0 Å². The Morgan fingerprint density at radius 3 is 2.87 bits per heavy atom. The molecule has 0 atom stereocenters. The van der Waals surface area contributed by atoms with Gasteiger partial charge in [-0.2, -0.15) is 11.8 Å². The molecule has 0 bridgehead atoms. The first-order valence-electron chi connectivity index (χ1n) is 5.30. The topological polar surface area (TPSA) is 30.0 Å².